The lowest BCUT2D eigenvalue weighted by Crippen LogP contribution is -1.98. The van der Waals surface area contributed by atoms with Crippen LogP contribution in [0.3, 0.4) is 0 Å². The molecule has 3 heterocycles. The van der Waals surface area contributed by atoms with E-state index in [0.717, 1.165) is 16.4 Å². The van der Waals surface area contributed by atoms with Crippen LogP contribution in [0, 0.1) is 5.82 Å². The highest BCUT2D eigenvalue weighted by atomic mass is 32.1. The van der Waals surface area contributed by atoms with Gasteiger partial charge in [-0.2, -0.15) is 0 Å². The van der Waals surface area contributed by atoms with Crippen LogP contribution >= 0.6 is 11.3 Å². The first kappa shape index (κ1) is 11.0. The molecule has 0 saturated carbocycles. The second-order valence-corrected chi connectivity index (χ2v) is 4.54. The molecular formula is C12H9FN4S. The molecule has 0 aliphatic carbocycles. The molecule has 18 heavy (non-hydrogen) atoms. The van der Waals surface area contributed by atoms with Gasteiger partial charge in [0.25, 0.3) is 0 Å². The lowest BCUT2D eigenvalue weighted by molar-refractivity contribution is 0.624. The molecule has 0 aromatic carbocycles. The van der Waals surface area contributed by atoms with Crippen LogP contribution in [0.4, 0.5) is 10.2 Å². The summed E-state index contributed by atoms with van der Waals surface area (Å²) in [6, 6.07) is 3.52. The monoisotopic (exact) mass is 260 g/mol. The molecule has 0 unspecified atom stereocenters. The van der Waals surface area contributed by atoms with Crippen LogP contribution in [0.1, 0.15) is 0 Å². The number of nitrogens with one attached hydrogen (secondary N) is 1. The number of hydrogen-bond donors (Lipinski definition) is 1. The van der Waals surface area contributed by atoms with Crippen molar-refractivity contribution in [3.05, 3.63) is 35.7 Å². The van der Waals surface area contributed by atoms with Gasteiger partial charge in [-0.3, -0.25) is 4.98 Å². The fourth-order valence-corrected chi connectivity index (χ4v) is 2.49. The Morgan fingerprint density at radius 2 is 2.17 bits per heavy atom. The molecule has 1 N–H and O–H groups in total. The predicted molar refractivity (Wildman–Crippen MR) is 70.2 cm³/mol. The summed E-state index contributed by atoms with van der Waals surface area (Å²) in [6.45, 7) is 0. The van der Waals surface area contributed by atoms with Crippen molar-refractivity contribution in [2.75, 3.05) is 12.4 Å². The highest BCUT2D eigenvalue weighted by molar-refractivity contribution is 7.16. The lowest BCUT2D eigenvalue weighted by Gasteiger charge is -2.05. The minimum Gasteiger partial charge on any atom is -0.372 e. The Morgan fingerprint density at radius 3 is 2.94 bits per heavy atom. The molecule has 0 saturated heterocycles. The van der Waals surface area contributed by atoms with E-state index >= 15 is 0 Å². The molecule has 3 aromatic rings. The second-order valence-electron chi connectivity index (χ2n) is 3.64. The van der Waals surface area contributed by atoms with Crippen molar-refractivity contribution in [1.82, 2.24) is 15.0 Å². The first-order valence-corrected chi connectivity index (χ1v) is 6.20. The van der Waals surface area contributed by atoms with E-state index in [-0.39, 0.29) is 0 Å². The van der Waals surface area contributed by atoms with Gasteiger partial charge in [-0.05, 0) is 17.5 Å². The van der Waals surface area contributed by atoms with Gasteiger partial charge in [0.05, 0.1) is 17.1 Å². The van der Waals surface area contributed by atoms with Crippen molar-refractivity contribution in [1.29, 1.82) is 0 Å². The largest absolute Gasteiger partial charge is 0.372 e. The van der Waals surface area contributed by atoms with E-state index in [2.05, 4.69) is 20.3 Å². The normalized spacial score (nSPS) is 10.8. The Morgan fingerprint density at radius 1 is 1.28 bits per heavy atom. The van der Waals surface area contributed by atoms with Crippen LogP contribution in [-0.2, 0) is 0 Å². The first-order valence-electron chi connectivity index (χ1n) is 5.32. The summed E-state index contributed by atoms with van der Waals surface area (Å²) in [5, 5.41) is 5.89. The molecule has 0 bridgehead atoms. The van der Waals surface area contributed by atoms with Crippen molar-refractivity contribution < 1.29 is 4.39 Å². The van der Waals surface area contributed by atoms with Crippen LogP contribution in [0.2, 0.25) is 0 Å². The van der Waals surface area contributed by atoms with Gasteiger partial charge in [0.15, 0.2) is 11.6 Å². The Balaban J connectivity index is 2.27. The van der Waals surface area contributed by atoms with Gasteiger partial charge in [0, 0.05) is 13.2 Å². The summed E-state index contributed by atoms with van der Waals surface area (Å²) in [5.41, 5.74) is 0.358. The minimum atomic E-state index is -0.421. The van der Waals surface area contributed by atoms with E-state index in [4.69, 9.17) is 0 Å². The molecule has 4 nitrogen and oxygen atoms in total. The van der Waals surface area contributed by atoms with E-state index in [1.807, 2.05) is 11.4 Å². The number of thiophene rings is 1. The molecule has 0 fully saturated rings. The first-order chi connectivity index (χ1) is 8.79. The Labute approximate surface area is 107 Å². The van der Waals surface area contributed by atoms with Gasteiger partial charge in [0.2, 0.25) is 0 Å². The van der Waals surface area contributed by atoms with Gasteiger partial charge in [-0.15, -0.1) is 11.3 Å². The van der Waals surface area contributed by atoms with Gasteiger partial charge in [-0.1, -0.05) is 0 Å². The Bertz CT molecular complexity index is 710. The highest BCUT2D eigenvalue weighted by Crippen LogP contribution is 2.28. The molecule has 0 aliphatic heterocycles. The van der Waals surface area contributed by atoms with E-state index in [1.165, 1.54) is 17.5 Å². The third-order valence-electron chi connectivity index (χ3n) is 2.58. The average Bonchev–Trinajstić information content (AvgIpc) is 2.86. The van der Waals surface area contributed by atoms with Crippen molar-refractivity contribution in [3.8, 4) is 11.4 Å². The van der Waals surface area contributed by atoms with Crippen LogP contribution in [0.25, 0.3) is 21.6 Å². The van der Waals surface area contributed by atoms with Crippen LogP contribution in [0.5, 0.6) is 0 Å². The SMILES string of the molecule is CNc1nc(-c2ccncc2F)nc2sccc12. The highest BCUT2D eigenvalue weighted by Gasteiger charge is 2.12. The van der Waals surface area contributed by atoms with E-state index < -0.39 is 5.82 Å². The van der Waals surface area contributed by atoms with Crippen molar-refractivity contribution in [3.63, 3.8) is 0 Å². The molecule has 6 heteroatoms. The number of aromatic nitrogens is 3. The fourth-order valence-electron chi connectivity index (χ4n) is 1.72. The van der Waals surface area contributed by atoms with Crippen molar-refractivity contribution in [2.45, 2.75) is 0 Å². The van der Waals surface area contributed by atoms with Crippen LogP contribution in [-0.4, -0.2) is 22.0 Å². The Hall–Kier alpha value is -2.08. The predicted octanol–water partition coefficient (Wildman–Crippen LogP) is 2.93. The fraction of sp³-hybridized carbons (Fsp3) is 0.0833. The molecular weight excluding hydrogens is 251 g/mol. The van der Waals surface area contributed by atoms with Crippen molar-refractivity contribution >= 4 is 27.4 Å². The summed E-state index contributed by atoms with van der Waals surface area (Å²) in [7, 11) is 1.78. The van der Waals surface area contributed by atoms with Gasteiger partial charge in [-0.25, -0.2) is 14.4 Å². The van der Waals surface area contributed by atoms with Crippen LogP contribution < -0.4 is 5.32 Å². The molecule has 0 amide bonds. The number of hydrogen-bond acceptors (Lipinski definition) is 5. The maximum atomic E-state index is 13.7. The molecule has 0 aliphatic rings. The topological polar surface area (TPSA) is 50.7 Å². The Kier molecular flexibility index (Phi) is 2.64. The number of nitrogens with zero attached hydrogens (tertiary/aromatic N) is 3. The number of pyridine rings is 1. The zero-order valence-corrected chi connectivity index (χ0v) is 10.3. The summed E-state index contributed by atoms with van der Waals surface area (Å²) >= 11 is 1.50. The van der Waals surface area contributed by atoms with Gasteiger partial charge >= 0.3 is 0 Å². The van der Waals surface area contributed by atoms with Gasteiger partial charge < -0.3 is 5.32 Å². The zero-order chi connectivity index (χ0) is 12.5. The van der Waals surface area contributed by atoms with Gasteiger partial charge in [0.1, 0.15) is 10.6 Å². The number of anilines is 1. The molecule has 90 valence electrons. The lowest BCUT2D eigenvalue weighted by atomic mass is 10.2. The second kappa shape index (κ2) is 4.30. The molecule has 0 spiro atoms. The van der Waals surface area contributed by atoms with E-state index in [0.29, 0.717) is 17.2 Å². The maximum Gasteiger partial charge on any atom is 0.166 e. The third-order valence-corrected chi connectivity index (χ3v) is 3.38. The maximum absolute atomic E-state index is 13.7. The minimum absolute atomic E-state index is 0.358. The summed E-state index contributed by atoms with van der Waals surface area (Å²) in [4.78, 5) is 13.3. The van der Waals surface area contributed by atoms with Crippen molar-refractivity contribution in [2.24, 2.45) is 0 Å². The van der Waals surface area contributed by atoms with E-state index in [9.17, 15) is 4.39 Å². The third kappa shape index (κ3) is 1.70. The zero-order valence-electron chi connectivity index (χ0n) is 9.51. The van der Waals surface area contributed by atoms with Crippen LogP contribution in [0.15, 0.2) is 29.9 Å². The molecule has 0 atom stereocenters. The number of fused-ring (bicyclic) bond motifs is 1. The molecule has 3 rings (SSSR count). The smallest absolute Gasteiger partial charge is 0.166 e. The quantitative estimate of drug-likeness (QED) is 0.769. The summed E-state index contributed by atoms with van der Waals surface area (Å²) in [6.07, 6.45) is 2.69. The molecule has 3 aromatic heterocycles. The standard InChI is InChI=1S/C12H9FN4S/c1-14-10-8-3-5-18-12(8)17-11(16-10)7-2-4-15-6-9(7)13/h2-6H,1H3,(H,14,16,17). The number of rotatable bonds is 2. The average molecular weight is 260 g/mol. The molecule has 0 radical (unpaired) electrons. The number of halogens is 1. The summed E-state index contributed by atoms with van der Waals surface area (Å²) in [5.74, 6) is 0.650. The van der Waals surface area contributed by atoms with E-state index in [1.54, 1.807) is 13.1 Å². The summed E-state index contributed by atoms with van der Waals surface area (Å²) < 4.78 is 13.7.